The van der Waals surface area contributed by atoms with Crippen LogP contribution in [0.3, 0.4) is 0 Å². The molecule has 5 fully saturated rings. The van der Waals surface area contributed by atoms with Crippen molar-refractivity contribution in [3.8, 4) is 5.75 Å². The van der Waals surface area contributed by atoms with Gasteiger partial charge in [-0.25, -0.2) is 13.6 Å². The molecule has 0 spiro atoms. The van der Waals surface area contributed by atoms with Crippen molar-refractivity contribution < 1.29 is 125 Å². The van der Waals surface area contributed by atoms with E-state index < -0.39 is 186 Å². The van der Waals surface area contributed by atoms with Crippen LogP contribution < -0.4 is 74.8 Å². The van der Waals surface area contributed by atoms with E-state index in [-0.39, 0.29) is 179 Å². The van der Waals surface area contributed by atoms with Crippen molar-refractivity contribution in [3.05, 3.63) is 125 Å². The normalized spacial score (nSPS) is 28.3. The van der Waals surface area contributed by atoms with Gasteiger partial charge in [0.05, 0.1) is 113 Å². The van der Waals surface area contributed by atoms with Gasteiger partial charge in [-0.15, -0.1) is 5.53 Å². The molecule has 3 aromatic carbocycles. The average Bonchev–Trinajstić information content (AvgIpc) is 1.48. The molecule has 5 aliphatic carbocycles. The van der Waals surface area contributed by atoms with Crippen LogP contribution in [-0.2, 0) is 87.6 Å². The second kappa shape index (κ2) is 48.5. The van der Waals surface area contributed by atoms with Crippen LogP contribution >= 0.6 is 0 Å². The van der Waals surface area contributed by atoms with Gasteiger partial charge in [-0.1, -0.05) is 95.5 Å². The van der Waals surface area contributed by atoms with Crippen molar-refractivity contribution in [2.45, 2.75) is 248 Å². The number of carbonyl (C=O) groups excluding carboxylic acids is 10. The van der Waals surface area contributed by atoms with Crippen LogP contribution in [0.2, 0.25) is 0 Å². The van der Waals surface area contributed by atoms with Gasteiger partial charge in [-0.05, 0) is 149 Å². The van der Waals surface area contributed by atoms with Crippen molar-refractivity contribution in [1.82, 2.24) is 53.3 Å². The van der Waals surface area contributed by atoms with E-state index in [2.05, 4.69) is 53.6 Å². The van der Waals surface area contributed by atoms with Gasteiger partial charge < -0.3 is 127 Å². The van der Waals surface area contributed by atoms with E-state index in [0.717, 1.165) is 47.7 Å². The number of primary amides is 1. The monoisotopic (exact) mass is 1910 g/mol. The predicted molar refractivity (Wildman–Crippen MR) is 492 cm³/mol. The molecule has 9 aliphatic rings. The van der Waals surface area contributed by atoms with E-state index in [4.69, 9.17) is 54.2 Å². The fraction of sp³-hybridized carbons (Fsp3) is 0.625. The third kappa shape index (κ3) is 24.3. The lowest BCUT2D eigenvalue weighted by Crippen LogP contribution is -2.71. The number of nitrogens with one attached hydrogen (secondary N) is 10. The number of Topliss-reactive ketones (excluding diaryl/α,β-unsaturated/α-hetero) is 2. The Hall–Kier alpha value is -10.0. The topological polar surface area (TPSA) is 534 Å². The van der Waals surface area contributed by atoms with E-state index in [0.29, 0.717) is 54.9 Å². The number of rotatable bonds is 49. The number of aliphatic hydroxyl groups excluding tert-OH is 5. The van der Waals surface area contributed by atoms with E-state index >= 15 is 13.6 Å². The maximum absolute atomic E-state index is 18.2. The summed E-state index contributed by atoms with van der Waals surface area (Å²) in [6.07, 6.45) is -4.93. The lowest BCUT2D eigenvalue weighted by molar-refractivity contribution is -0.266. The second-order valence-corrected chi connectivity index (χ2v) is 36.9. The minimum atomic E-state index is -2.41. The predicted octanol–water partition coefficient (Wildman–Crippen LogP) is 3.81. The Morgan fingerprint density at radius 2 is 1.42 bits per heavy atom. The Morgan fingerprint density at radius 1 is 0.721 bits per heavy atom. The van der Waals surface area contributed by atoms with Crippen molar-refractivity contribution in [1.29, 1.82) is 0 Å². The Labute approximate surface area is 790 Å². The van der Waals surface area contributed by atoms with Crippen molar-refractivity contribution in [3.63, 3.8) is 0 Å². The number of anilines is 2. The van der Waals surface area contributed by atoms with E-state index in [1.54, 1.807) is 25.7 Å². The zero-order chi connectivity index (χ0) is 97.6. The number of amides is 8. The number of halogens is 2. The molecule has 3 aromatic rings. The quantitative estimate of drug-likeness (QED) is 0.0217. The van der Waals surface area contributed by atoms with Crippen LogP contribution in [0.25, 0.3) is 11.4 Å². The Kier molecular flexibility index (Phi) is 37.4. The van der Waals surface area contributed by atoms with Crippen LogP contribution in [0, 0.1) is 34.5 Å². The Bertz CT molecular complexity index is 4800. The van der Waals surface area contributed by atoms with E-state index in [1.807, 2.05) is 62.5 Å². The largest absolute Gasteiger partial charge is 0.486 e. The number of benzene rings is 3. The third-order valence-corrected chi connectivity index (χ3v) is 27.8. The summed E-state index contributed by atoms with van der Waals surface area (Å²) >= 11 is 0. The zero-order valence-electron chi connectivity index (χ0n) is 78.2. The van der Waals surface area contributed by atoms with Gasteiger partial charge in [0.15, 0.2) is 35.4 Å². The van der Waals surface area contributed by atoms with Crippen molar-refractivity contribution in [2.24, 2.45) is 46.1 Å². The number of para-hydroxylation sites is 1. The van der Waals surface area contributed by atoms with Gasteiger partial charge in [-0.2, -0.15) is 0 Å². The molecule has 40 heteroatoms. The summed E-state index contributed by atoms with van der Waals surface area (Å²) in [7, 11) is 1.81. The van der Waals surface area contributed by atoms with E-state index in [1.165, 1.54) is 48.4 Å². The van der Waals surface area contributed by atoms with E-state index in [9.17, 15) is 68.7 Å². The van der Waals surface area contributed by atoms with Crippen LogP contribution in [0.5, 0.6) is 5.75 Å². The average molecular weight is 1910 g/mol. The van der Waals surface area contributed by atoms with Gasteiger partial charge in [-0.3, -0.25) is 54.0 Å². The highest BCUT2D eigenvalue weighted by atomic mass is 19.1. The summed E-state index contributed by atoms with van der Waals surface area (Å²) in [5, 5.41) is 75.5. The highest BCUT2D eigenvalue weighted by Gasteiger charge is 2.80. The Balaban J connectivity index is 0.611. The lowest BCUT2D eigenvalue weighted by atomic mass is 9.44. The summed E-state index contributed by atoms with van der Waals surface area (Å²) in [6, 6.07) is 18.0. The van der Waals surface area contributed by atoms with Gasteiger partial charge in [0.25, 0.3) is 0 Å². The number of fused-ring (bicyclic) bond motifs is 9. The van der Waals surface area contributed by atoms with Crippen LogP contribution in [0.15, 0.2) is 108 Å². The zero-order valence-corrected chi connectivity index (χ0v) is 78.2. The number of alkyl halides is 2. The van der Waals surface area contributed by atoms with Gasteiger partial charge in [0.2, 0.25) is 41.2 Å². The van der Waals surface area contributed by atoms with Crippen LogP contribution in [-0.4, -0.2) is 273 Å². The molecule has 8 amide bonds. The number of urea groups is 1. The molecular weight excluding hydrogens is 1770 g/mol. The summed E-state index contributed by atoms with van der Waals surface area (Å²) in [5.74, 6) is -1.52. The molecule has 19 N–H and O–H groups in total. The minimum absolute atomic E-state index is 0.0256. The first-order valence-electron chi connectivity index (χ1n) is 47.5. The first-order chi connectivity index (χ1) is 65.3. The number of ketones is 3. The number of hydrogen-bond donors (Lipinski definition) is 17. The third-order valence-electron chi connectivity index (χ3n) is 27.8. The molecule has 2 unspecified atom stereocenters. The molecule has 19 atom stereocenters. The number of hydrazine groups is 3. The molecule has 136 heavy (non-hydrogen) atoms. The lowest BCUT2D eigenvalue weighted by Gasteiger charge is -2.63. The fourth-order valence-corrected chi connectivity index (χ4v) is 20.8. The first-order valence-corrected chi connectivity index (χ1v) is 47.5. The molecule has 0 aromatic heterocycles. The van der Waals surface area contributed by atoms with Crippen molar-refractivity contribution in [2.75, 3.05) is 110 Å². The van der Waals surface area contributed by atoms with Gasteiger partial charge in [0, 0.05) is 91.8 Å². The summed E-state index contributed by atoms with van der Waals surface area (Å²) in [5.41, 5.74) is 13.2. The van der Waals surface area contributed by atoms with Crippen LogP contribution in [0.1, 0.15) is 173 Å². The molecule has 3 saturated carbocycles. The summed E-state index contributed by atoms with van der Waals surface area (Å²) < 4.78 is 88.7. The molecular formula is C96H136F2N14O24. The van der Waals surface area contributed by atoms with Crippen molar-refractivity contribution >= 4 is 81.6 Å². The maximum Gasteiger partial charge on any atom is 0.312 e. The smallest absolute Gasteiger partial charge is 0.312 e. The number of unbranched alkanes of at least 4 members (excludes halogenated alkanes) is 1. The number of nitrogens with zero attached hydrogens (tertiary/aromatic N) is 2. The molecule has 12 rings (SSSR count). The molecule has 4 aliphatic heterocycles. The molecule has 38 nitrogen and oxygen atoms in total. The number of allylic oxidation sites excluding steroid dienone is 5. The first kappa shape index (κ1) is 105. The number of aliphatic hydroxyl groups is 5. The minimum Gasteiger partial charge on any atom is -0.486 e. The summed E-state index contributed by atoms with van der Waals surface area (Å²) in [4.78, 5) is 139. The molecule has 2 saturated heterocycles. The number of hydrogen-bond acceptors (Lipinski definition) is 30. The number of nitrogens with two attached hydrogens (primary N) is 2. The highest BCUT2D eigenvalue weighted by Crippen LogP contribution is 2.72. The number of ether oxygens (including phenoxy) is 9. The summed E-state index contributed by atoms with van der Waals surface area (Å²) in [6.45, 7) is 9.10. The molecule has 0 bridgehead atoms. The molecule has 748 valence electrons. The maximum atomic E-state index is 18.2. The molecule has 0 radical (unpaired) electrons. The molecule has 4 heterocycles. The number of carbonyl (C=O) groups is 10. The standard InChI is InChI=1S/C96H136F2N14O24/c1-7-18-81-135-76-50-64-65-49-67(97)66-48-60(114)33-35-93(66,4)95(65,98)74(116)51-94(64,5)96(76,136-81)75(117)54-132-61-29-27-59(28-30-61)105-89(125)57(20-17-37-104-92(99)127)47-71(115)82(56(2)3)107-90(126)68(23-15-16-36-102-79(120)55-133-72-26-10-8-9-25-70-85(72)109-110-112(70)91-88(124)87(123)86(122)73(53-113)134-91)106-78(119)34-39-128-41-43-130-45-46-131-44-42-129-40-38-103-77(118)31-32-80(121)111-52-58-19-11-12-21-62(58)83(101-6)84(108-100)63-22-13-14-24-69(63)111/h11-14,19,21-22,24,27-30,33,35,48,56-57,64-65,67-68,72-74,76,81-82,86-88,91,101,108-110,113,116,122-124H,7-10,15-18,20,23,25-26,31-32,34,36-47,49-55,100H2,1-6H3,(H,102,120)(H,103,118)(H,105,125)(H,106,119)(H,107,126)(H3,99,104,127)/b84-83-/t57-,64+,65+,67+,68-,72?,73-,74+,76-,81?,82+,86+,87+,88-,91-,93+,94+,95+,96-/m1/s1. The van der Waals surface area contributed by atoms with Gasteiger partial charge >= 0.3 is 6.03 Å². The SMILES string of the molecule is CCCC1O[C@@H]2C[C@H]3[C@@H]4C[C@H](F)C5=CC(=O)C=C[C@]5(C)[C@@]4(F)[C@@H](O)C[C@]3(C)[C@]2(C(=O)COc2ccc(NC(=O)[C@H](CCCNC(N)=O)CC(=O)[C@@H](NC(=O)[C@@H](CCCCNC(=O)COC3CCCCCC4=C3NNN4[C@@H]3O[C@H](CO)[C@H](O)[C@H](O)[C@H]3O)NC(=O)CCOCCOCCOCCOCCNC(=O)CCC(=O)N3Cc4ccccc4/C(NC)=C(/NN)c4ccccc43)C(C)C)cc2)O1. The van der Waals surface area contributed by atoms with Gasteiger partial charge in [0.1, 0.15) is 61.7 Å². The fourth-order valence-electron chi connectivity index (χ4n) is 20.8. The van der Waals surface area contributed by atoms with Crippen LogP contribution in [0.4, 0.5) is 25.0 Å². The second-order valence-electron chi connectivity index (χ2n) is 36.9. The Morgan fingerprint density at radius 3 is 2.12 bits per heavy atom. The highest BCUT2D eigenvalue weighted by molar-refractivity contribution is 6.03.